The summed E-state index contributed by atoms with van der Waals surface area (Å²) in [4.78, 5) is 22.6. The molecular weight excluding hydrogens is 232 g/mol. The van der Waals surface area contributed by atoms with Crippen molar-refractivity contribution < 1.29 is 14.3 Å². The molecule has 2 amide bonds. The van der Waals surface area contributed by atoms with Crippen LogP contribution in [0.1, 0.15) is 12.8 Å². The van der Waals surface area contributed by atoms with Crippen molar-refractivity contribution in [1.29, 1.82) is 0 Å². The number of benzene rings is 1. The molecule has 0 bridgehead atoms. The van der Waals surface area contributed by atoms with Gasteiger partial charge in [-0.3, -0.25) is 9.59 Å². The van der Waals surface area contributed by atoms with Crippen LogP contribution in [0.2, 0.25) is 0 Å². The van der Waals surface area contributed by atoms with Gasteiger partial charge in [-0.15, -0.1) is 0 Å². The van der Waals surface area contributed by atoms with Gasteiger partial charge in [-0.2, -0.15) is 0 Å². The van der Waals surface area contributed by atoms with Crippen molar-refractivity contribution >= 4 is 17.5 Å². The average molecular weight is 248 g/mol. The molecular formula is C13H16N2O3. The van der Waals surface area contributed by atoms with Gasteiger partial charge >= 0.3 is 0 Å². The van der Waals surface area contributed by atoms with Crippen LogP contribution in [0, 0.1) is 5.92 Å². The molecule has 2 N–H and O–H groups in total. The molecule has 0 spiro atoms. The normalized spacial score (nSPS) is 13.8. The lowest BCUT2D eigenvalue weighted by molar-refractivity contribution is -0.122. The fourth-order valence-electron chi connectivity index (χ4n) is 1.47. The number of nitrogens with one attached hydrogen (secondary N) is 2. The third kappa shape index (κ3) is 3.48. The summed E-state index contributed by atoms with van der Waals surface area (Å²) >= 11 is 0. The SMILES string of the molecule is CNC(=O)COc1cccc(NC(=O)C2CC2)c1. The number of likely N-dealkylation sites (N-methyl/N-ethyl adjacent to an activating group) is 1. The molecule has 5 nitrogen and oxygen atoms in total. The largest absolute Gasteiger partial charge is 0.484 e. The first-order valence-electron chi connectivity index (χ1n) is 5.93. The van der Waals surface area contributed by atoms with Gasteiger partial charge in [0.2, 0.25) is 5.91 Å². The molecule has 0 aliphatic heterocycles. The Morgan fingerprint density at radius 3 is 2.83 bits per heavy atom. The zero-order valence-electron chi connectivity index (χ0n) is 10.2. The van der Waals surface area contributed by atoms with Crippen LogP contribution in [0.5, 0.6) is 5.75 Å². The maximum Gasteiger partial charge on any atom is 0.257 e. The van der Waals surface area contributed by atoms with E-state index in [-0.39, 0.29) is 24.3 Å². The fourth-order valence-corrected chi connectivity index (χ4v) is 1.47. The molecule has 0 radical (unpaired) electrons. The van der Waals surface area contributed by atoms with E-state index in [2.05, 4.69) is 10.6 Å². The Bertz CT molecular complexity index is 455. The lowest BCUT2D eigenvalue weighted by Gasteiger charge is -2.08. The second kappa shape index (κ2) is 5.53. The summed E-state index contributed by atoms with van der Waals surface area (Å²) in [6.45, 7) is -0.0312. The molecule has 96 valence electrons. The molecule has 0 aromatic heterocycles. The Morgan fingerprint density at radius 2 is 2.17 bits per heavy atom. The number of carbonyl (C=O) groups is 2. The highest BCUT2D eigenvalue weighted by Gasteiger charge is 2.29. The van der Waals surface area contributed by atoms with E-state index in [0.29, 0.717) is 11.4 Å². The van der Waals surface area contributed by atoms with Gasteiger partial charge in [-0.05, 0) is 25.0 Å². The molecule has 18 heavy (non-hydrogen) atoms. The Labute approximate surface area is 106 Å². The third-order valence-electron chi connectivity index (χ3n) is 2.70. The molecule has 1 aromatic carbocycles. The number of anilines is 1. The Hall–Kier alpha value is -2.04. The highest BCUT2D eigenvalue weighted by molar-refractivity contribution is 5.94. The molecule has 1 aromatic rings. The van der Waals surface area contributed by atoms with E-state index in [0.717, 1.165) is 12.8 Å². The van der Waals surface area contributed by atoms with Gasteiger partial charge in [-0.25, -0.2) is 0 Å². The first kappa shape index (κ1) is 12.4. The van der Waals surface area contributed by atoms with Crippen molar-refractivity contribution in [1.82, 2.24) is 5.32 Å². The maximum atomic E-state index is 11.6. The van der Waals surface area contributed by atoms with Crippen LogP contribution < -0.4 is 15.4 Å². The summed E-state index contributed by atoms with van der Waals surface area (Å²) in [6.07, 6.45) is 1.94. The first-order valence-corrected chi connectivity index (χ1v) is 5.93. The summed E-state index contributed by atoms with van der Waals surface area (Å²) in [5.41, 5.74) is 0.696. The van der Waals surface area contributed by atoms with Crippen molar-refractivity contribution in [2.45, 2.75) is 12.8 Å². The molecule has 1 aliphatic carbocycles. The van der Waals surface area contributed by atoms with E-state index in [4.69, 9.17) is 4.74 Å². The number of rotatable bonds is 5. The lowest BCUT2D eigenvalue weighted by atomic mass is 10.3. The topological polar surface area (TPSA) is 67.4 Å². The number of carbonyl (C=O) groups excluding carboxylic acids is 2. The highest BCUT2D eigenvalue weighted by Crippen LogP contribution is 2.30. The van der Waals surface area contributed by atoms with E-state index in [1.54, 1.807) is 31.3 Å². The van der Waals surface area contributed by atoms with Gasteiger partial charge < -0.3 is 15.4 Å². The molecule has 5 heteroatoms. The van der Waals surface area contributed by atoms with Crippen LogP contribution in [-0.4, -0.2) is 25.5 Å². The van der Waals surface area contributed by atoms with E-state index >= 15 is 0 Å². The monoisotopic (exact) mass is 248 g/mol. The summed E-state index contributed by atoms with van der Waals surface area (Å²) in [7, 11) is 1.55. The minimum absolute atomic E-state index is 0.0312. The van der Waals surface area contributed by atoms with Crippen molar-refractivity contribution in [2.75, 3.05) is 19.0 Å². The molecule has 0 atom stereocenters. The molecule has 2 rings (SSSR count). The second-order valence-electron chi connectivity index (χ2n) is 4.25. The van der Waals surface area contributed by atoms with Crippen LogP contribution in [0.15, 0.2) is 24.3 Å². The van der Waals surface area contributed by atoms with Gasteiger partial charge in [0, 0.05) is 24.7 Å². The number of amides is 2. The van der Waals surface area contributed by atoms with Gasteiger partial charge in [0.05, 0.1) is 0 Å². The van der Waals surface area contributed by atoms with Crippen molar-refractivity contribution in [2.24, 2.45) is 5.92 Å². The molecule has 0 saturated heterocycles. The smallest absolute Gasteiger partial charge is 0.257 e. The third-order valence-corrected chi connectivity index (χ3v) is 2.70. The molecule has 0 unspecified atom stereocenters. The first-order chi connectivity index (χ1) is 8.69. The quantitative estimate of drug-likeness (QED) is 0.821. The fraction of sp³-hybridized carbons (Fsp3) is 0.385. The van der Waals surface area contributed by atoms with E-state index in [9.17, 15) is 9.59 Å². The summed E-state index contributed by atoms with van der Waals surface area (Å²) in [5, 5.41) is 5.30. The van der Waals surface area contributed by atoms with Gasteiger partial charge in [-0.1, -0.05) is 6.07 Å². The van der Waals surface area contributed by atoms with Crippen LogP contribution in [0.4, 0.5) is 5.69 Å². The molecule has 1 fully saturated rings. The number of ether oxygens (including phenoxy) is 1. The van der Waals surface area contributed by atoms with E-state index < -0.39 is 0 Å². The Morgan fingerprint density at radius 1 is 1.39 bits per heavy atom. The number of hydrogen-bond acceptors (Lipinski definition) is 3. The number of hydrogen-bond donors (Lipinski definition) is 2. The van der Waals surface area contributed by atoms with E-state index in [1.165, 1.54) is 0 Å². The molecule has 1 aliphatic rings. The molecule has 1 saturated carbocycles. The highest BCUT2D eigenvalue weighted by atomic mass is 16.5. The Kier molecular flexibility index (Phi) is 3.82. The van der Waals surface area contributed by atoms with Crippen LogP contribution in [0.3, 0.4) is 0 Å². The maximum absolute atomic E-state index is 11.6. The van der Waals surface area contributed by atoms with Crippen LogP contribution in [-0.2, 0) is 9.59 Å². The van der Waals surface area contributed by atoms with Crippen LogP contribution >= 0.6 is 0 Å². The zero-order valence-corrected chi connectivity index (χ0v) is 10.2. The Balaban J connectivity index is 1.91. The summed E-state index contributed by atoms with van der Waals surface area (Å²) in [6, 6.07) is 7.04. The van der Waals surface area contributed by atoms with Crippen molar-refractivity contribution in [3.05, 3.63) is 24.3 Å². The van der Waals surface area contributed by atoms with E-state index in [1.807, 2.05) is 0 Å². The predicted molar refractivity (Wildman–Crippen MR) is 67.4 cm³/mol. The minimum atomic E-state index is -0.192. The van der Waals surface area contributed by atoms with Gasteiger partial charge in [0.25, 0.3) is 5.91 Å². The van der Waals surface area contributed by atoms with Crippen LogP contribution in [0.25, 0.3) is 0 Å². The zero-order chi connectivity index (χ0) is 13.0. The average Bonchev–Trinajstić information content (AvgIpc) is 3.20. The summed E-state index contributed by atoms with van der Waals surface area (Å²) < 4.78 is 5.29. The standard InChI is InChI=1S/C13H16N2O3/c1-14-12(16)8-18-11-4-2-3-10(7-11)15-13(17)9-5-6-9/h2-4,7,9H,5-6,8H2,1H3,(H,14,16)(H,15,17). The summed E-state index contributed by atoms with van der Waals surface area (Å²) in [5.74, 6) is 0.591. The van der Waals surface area contributed by atoms with Gasteiger partial charge in [0.15, 0.2) is 6.61 Å². The van der Waals surface area contributed by atoms with Crippen molar-refractivity contribution in [3.63, 3.8) is 0 Å². The van der Waals surface area contributed by atoms with Gasteiger partial charge in [0.1, 0.15) is 5.75 Å². The second-order valence-corrected chi connectivity index (χ2v) is 4.25. The predicted octanol–water partition coefficient (Wildman–Crippen LogP) is 1.16. The minimum Gasteiger partial charge on any atom is -0.484 e. The lowest BCUT2D eigenvalue weighted by Crippen LogP contribution is -2.24. The molecule has 0 heterocycles. The van der Waals surface area contributed by atoms with Crippen molar-refractivity contribution in [3.8, 4) is 5.75 Å².